The molecule has 10 nitrogen and oxygen atoms in total. The first-order valence-electron chi connectivity index (χ1n) is 11.9. The van der Waals surface area contributed by atoms with Crippen molar-refractivity contribution in [2.45, 2.75) is 6.42 Å². The molecule has 2 aromatic carbocycles. The lowest BCUT2D eigenvalue weighted by molar-refractivity contribution is -0.118. The summed E-state index contributed by atoms with van der Waals surface area (Å²) in [5, 5.41) is 8.39. The predicted molar refractivity (Wildman–Crippen MR) is 145 cm³/mol. The summed E-state index contributed by atoms with van der Waals surface area (Å²) in [5.74, 6) is 3.17. The first-order chi connectivity index (χ1) is 18.3. The molecule has 0 saturated carbocycles. The number of methoxy groups -OCH3 is 1. The van der Waals surface area contributed by atoms with E-state index in [-0.39, 0.29) is 11.1 Å². The number of nitrogens with one attached hydrogen (secondary N) is 1. The number of aromatic nitrogens is 2. The van der Waals surface area contributed by atoms with Crippen molar-refractivity contribution in [3.05, 3.63) is 60.4 Å². The van der Waals surface area contributed by atoms with Gasteiger partial charge in [0.2, 0.25) is 0 Å². The molecule has 11 heteroatoms. The second-order valence-electron chi connectivity index (χ2n) is 8.77. The maximum Gasteiger partial charge on any atom is 0.276 e. The first kappa shape index (κ1) is 26.5. The topological polar surface area (TPSA) is 115 Å². The van der Waals surface area contributed by atoms with Crippen LogP contribution in [-0.2, 0) is 4.79 Å². The van der Waals surface area contributed by atoms with Crippen LogP contribution >= 0.6 is 0 Å². The number of anilines is 1. The number of benzene rings is 2. The largest absolute Gasteiger partial charge is 0.493 e. The summed E-state index contributed by atoms with van der Waals surface area (Å²) in [6.45, 7) is 1.69. The average molecular weight is 519 g/mol. The molecule has 1 aliphatic rings. The minimum Gasteiger partial charge on any atom is -0.493 e. The Hall–Kier alpha value is -4.53. The highest BCUT2D eigenvalue weighted by molar-refractivity contribution is 5.96. The Morgan fingerprint density at radius 1 is 1.26 bits per heavy atom. The molecule has 3 aromatic rings. The molecular weight excluding hydrogens is 489 g/mol. The van der Waals surface area contributed by atoms with Crippen LogP contribution in [-0.4, -0.2) is 67.4 Å². The van der Waals surface area contributed by atoms with Crippen molar-refractivity contribution in [3.63, 3.8) is 0 Å². The molecule has 1 amide bonds. The third-order valence-electron chi connectivity index (χ3n) is 5.89. The highest BCUT2D eigenvalue weighted by Crippen LogP contribution is 2.35. The number of fused-ring (bicyclic) bond motifs is 1. The van der Waals surface area contributed by atoms with E-state index in [1.54, 1.807) is 43.8 Å². The number of amides is 1. The predicted octanol–water partition coefficient (Wildman–Crippen LogP) is 2.86. The quantitative estimate of drug-likeness (QED) is 0.215. The van der Waals surface area contributed by atoms with Gasteiger partial charge in [0.05, 0.1) is 25.8 Å². The number of hydrogen-bond acceptors (Lipinski definition) is 8. The average Bonchev–Trinajstić information content (AvgIpc) is 3.29. The van der Waals surface area contributed by atoms with E-state index < -0.39 is 11.7 Å². The number of allylic oxidation sites excluding steroid dienone is 1. The number of nitrogens with zero attached hydrogens (tertiary/aromatic N) is 5. The van der Waals surface area contributed by atoms with Gasteiger partial charge in [-0.1, -0.05) is 17.1 Å². The zero-order valence-electron chi connectivity index (χ0n) is 21.2. The number of hydrogen-bond donors (Lipinski definition) is 2. The summed E-state index contributed by atoms with van der Waals surface area (Å²) >= 11 is 0. The molecule has 38 heavy (non-hydrogen) atoms. The number of ether oxygens (including phenoxy) is 2. The van der Waals surface area contributed by atoms with E-state index in [1.807, 2.05) is 11.9 Å². The lowest BCUT2D eigenvalue weighted by atomic mass is 10.2. The maximum atomic E-state index is 14.0. The molecule has 4 rings (SSSR count). The van der Waals surface area contributed by atoms with Crippen LogP contribution in [0.1, 0.15) is 6.42 Å². The number of terminal acetylenes is 1. The van der Waals surface area contributed by atoms with Gasteiger partial charge < -0.3 is 20.5 Å². The van der Waals surface area contributed by atoms with E-state index in [4.69, 9.17) is 21.6 Å². The summed E-state index contributed by atoms with van der Waals surface area (Å²) in [4.78, 5) is 22.7. The Bertz CT molecular complexity index is 1440. The number of carbonyl (C=O) groups is 1. The summed E-state index contributed by atoms with van der Waals surface area (Å²) < 4.78 is 25.2. The summed E-state index contributed by atoms with van der Waals surface area (Å²) in [7, 11) is 3.52. The van der Waals surface area contributed by atoms with Crippen LogP contribution in [0.25, 0.3) is 10.9 Å². The van der Waals surface area contributed by atoms with E-state index in [0.29, 0.717) is 52.8 Å². The van der Waals surface area contributed by atoms with Crippen molar-refractivity contribution in [1.29, 1.82) is 0 Å². The van der Waals surface area contributed by atoms with Crippen molar-refractivity contribution >= 4 is 34.5 Å². The molecule has 0 fully saturated rings. The summed E-state index contributed by atoms with van der Waals surface area (Å²) in [6, 6.07) is 9.47. The van der Waals surface area contributed by atoms with Gasteiger partial charge in [-0.3, -0.25) is 9.69 Å². The molecule has 0 bridgehead atoms. The van der Waals surface area contributed by atoms with Crippen molar-refractivity contribution < 1.29 is 18.7 Å². The fraction of sp³-hybridized carbons (Fsp3) is 0.259. The van der Waals surface area contributed by atoms with E-state index in [0.717, 1.165) is 13.0 Å². The molecule has 2 heterocycles. The van der Waals surface area contributed by atoms with Crippen LogP contribution in [0.5, 0.6) is 11.5 Å². The van der Waals surface area contributed by atoms with E-state index in [2.05, 4.69) is 26.3 Å². The van der Waals surface area contributed by atoms with Crippen LogP contribution in [0.3, 0.4) is 0 Å². The second kappa shape index (κ2) is 11.7. The third kappa shape index (κ3) is 6.05. The van der Waals surface area contributed by atoms with E-state index in [1.165, 1.54) is 18.5 Å². The maximum absolute atomic E-state index is 14.0. The molecule has 1 unspecified atom stereocenters. The van der Waals surface area contributed by atoms with Crippen molar-refractivity contribution in [3.8, 4) is 23.8 Å². The van der Waals surface area contributed by atoms with Crippen LogP contribution in [0, 0.1) is 18.2 Å². The smallest absolute Gasteiger partial charge is 0.276 e. The molecule has 0 saturated heterocycles. The molecular formula is C27H29FN7O3+. The monoisotopic (exact) mass is 518 g/mol. The van der Waals surface area contributed by atoms with Gasteiger partial charge in [0, 0.05) is 30.1 Å². The fourth-order valence-corrected chi connectivity index (χ4v) is 4.12. The van der Waals surface area contributed by atoms with Crippen LogP contribution in [0.2, 0.25) is 0 Å². The molecule has 1 atom stereocenters. The lowest BCUT2D eigenvalue weighted by Crippen LogP contribution is -2.44. The van der Waals surface area contributed by atoms with Gasteiger partial charge in [0.15, 0.2) is 29.9 Å². The van der Waals surface area contributed by atoms with Crippen LogP contribution in [0.4, 0.5) is 15.9 Å². The standard InChI is InChI=1S/C27H28FN7O3/c1-4-9-34(2)10-6-11-38-25-14-23-22(13-24(25)37-3)27(31-18-30-23)33-20-15-32-35(16-20,17-26(29)36)21-8-5-7-19(28)12-21/h1,5,7-8,12-16,18H,6,9-11,17H2,2-3H3,(H2-,29,30,31,33,36)/p+1. The van der Waals surface area contributed by atoms with Crippen LogP contribution < -0.4 is 25.1 Å². The summed E-state index contributed by atoms with van der Waals surface area (Å²) in [5.41, 5.74) is 7.14. The van der Waals surface area contributed by atoms with Gasteiger partial charge in [0.25, 0.3) is 5.91 Å². The fourth-order valence-electron chi connectivity index (χ4n) is 4.12. The third-order valence-corrected chi connectivity index (χ3v) is 5.89. The van der Waals surface area contributed by atoms with Crippen molar-refractivity contribution in [2.75, 3.05) is 45.7 Å². The zero-order chi connectivity index (χ0) is 27.1. The molecule has 196 valence electrons. The molecule has 1 aliphatic heterocycles. The number of carbonyl (C=O) groups excluding carboxylic acids is 1. The van der Waals surface area contributed by atoms with Crippen LogP contribution in [0.15, 0.2) is 59.7 Å². The van der Waals surface area contributed by atoms with Crippen molar-refractivity contribution in [2.24, 2.45) is 10.8 Å². The Labute approximate surface area is 220 Å². The number of primary amides is 1. The Balaban J connectivity index is 1.58. The normalized spacial score (nSPS) is 16.3. The molecule has 3 N–H and O–H groups in total. The first-order valence-corrected chi connectivity index (χ1v) is 11.9. The molecule has 0 aliphatic carbocycles. The highest BCUT2D eigenvalue weighted by Gasteiger charge is 2.36. The van der Waals surface area contributed by atoms with Gasteiger partial charge in [-0.15, -0.1) is 11.0 Å². The summed E-state index contributed by atoms with van der Waals surface area (Å²) in [6.07, 6.45) is 10.8. The number of halogens is 1. The lowest BCUT2D eigenvalue weighted by Gasteiger charge is -2.23. The number of rotatable bonds is 12. The van der Waals surface area contributed by atoms with Gasteiger partial charge in [-0.2, -0.15) is 0 Å². The zero-order valence-corrected chi connectivity index (χ0v) is 21.2. The molecule has 1 aromatic heterocycles. The molecule has 0 radical (unpaired) electrons. The number of quaternary nitrogens is 1. The van der Waals surface area contributed by atoms with E-state index in [9.17, 15) is 9.18 Å². The van der Waals surface area contributed by atoms with Gasteiger partial charge >= 0.3 is 0 Å². The minimum atomic E-state index is -0.587. The second-order valence-corrected chi connectivity index (χ2v) is 8.77. The SMILES string of the molecule is C#CCN(C)CCCOc1cc2ncnc(NC3=C[N+](CC(N)=O)(c4cccc(F)c4)N=C3)c2cc1OC. The molecule has 0 spiro atoms. The van der Waals surface area contributed by atoms with Gasteiger partial charge in [0.1, 0.15) is 29.9 Å². The Kier molecular flexibility index (Phi) is 8.15. The van der Waals surface area contributed by atoms with Crippen molar-refractivity contribution in [1.82, 2.24) is 19.5 Å². The number of nitrogens with two attached hydrogens (primary N) is 1. The minimum absolute atomic E-state index is 0.178. The Morgan fingerprint density at radius 2 is 2.11 bits per heavy atom. The van der Waals surface area contributed by atoms with Gasteiger partial charge in [-0.05, 0) is 25.6 Å². The Morgan fingerprint density at radius 3 is 2.84 bits per heavy atom. The highest BCUT2D eigenvalue weighted by atomic mass is 19.1. The van der Waals surface area contributed by atoms with E-state index >= 15 is 0 Å². The van der Waals surface area contributed by atoms with Gasteiger partial charge in [-0.25, -0.2) is 14.4 Å².